The van der Waals surface area contributed by atoms with Crippen LogP contribution in [0.2, 0.25) is 0 Å². The molecule has 3 N–H and O–H groups in total. The molecule has 1 aliphatic heterocycles. The summed E-state index contributed by atoms with van der Waals surface area (Å²) < 4.78 is 0. The molecule has 0 spiro atoms. The zero-order valence-corrected chi connectivity index (χ0v) is 7.86. The molecule has 75 valence electrons. The predicted octanol–water partition coefficient (Wildman–Crippen LogP) is -0.502. The molecule has 1 aromatic heterocycles. The maximum absolute atomic E-state index is 10.9. The highest BCUT2D eigenvalue weighted by molar-refractivity contribution is 5.36. The average molecular weight is 193 g/mol. The fourth-order valence-electron chi connectivity index (χ4n) is 1.64. The number of rotatable bonds is 1. The van der Waals surface area contributed by atoms with Crippen molar-refractivity contribution in [3.05, 3.63) is 22.7 Å². The van der Waals surface area contributed by atoms with Gasteiger partial charge in [0.1, 0.15) is 5.82 Å². The van der Waals surface area contributed by atoms with Crippen molar-refractivity contribution in [2.24, 2.45) is 5.73 Å². The number of hydrogen-bond donors (Lipinski definition) is 2. The molecule has 14 heavy (non-hydrogen) atoms. The van der Waals surface area contributed by atoms with Gasteiger partial charge in [-0.25, -0.2) is 4.79 Å². The summed E-state index contributed by atoms with van der Waals surface area (Å²) in [4.78, 5) is 19.2. The van der Waals surface area contributed by atoms with Crippen LogP contribution in [0.3, 0.4) is 0 Å². The van der Waals surface area contributed by atoms with E-state index in [-0.39, 0.29) is 5.69 Å². The Morgan fingerprint density at radius 2 is 2.29 bits per heavy atom. The van der Waals surface area contributed by atoms with Gasteiger partial charge in [-0.15, -0.1) is 0 Å². The van der Waals surface area contributed by atoms with Gasteiger partial charge in [-0.1, -0.05) is 0 Å². The van der Waals surface area contributed by atoms with Gasteiger partial charge in [0.15, 0.2) is 0 Å². The molecule has 0 atom stereocenters. The number of aromatic amines is 1. The Labute approximate surface area is 82.0 Å². The van der Waals surface area contributed by atoms with E-state index in [1.54, 1.807) is 6.07 Å². The van der Waals surface area contributed by atoms with Crippen LogP contribution in [-0.4, -0.2) is 29.1 Å². The Bertz CT molecular complexity index is 354. The minimum atomic E-state index is -0.350. The molecule has 0 aliphatic carbocycles. The molecule has 2 heterocycles. The first-order chi connectivity index (χ1) is 6.75. The van der Waals surface area contributed by atoms with E-state index in [0.717, 1.165) is 31.7 Å². The van der Waals surface area contributed by atoms with E-state index in [1.165, 1.54) is 0 Å². The molecule has 1 saturated heterocycles. The molecule has 5 nitrogen and oxygen atoms in total. The van der Waals surface area contributed by atoms with Crippen molar-refractivity contribution in [3.8, 4) is 0 Å². The molecule has 1 radical (unpaired) electrons. The van der Waals surface area contributed by atoms with Crippen LogP contribution in [0, 0.1) is 6.20 Å². The first-order valence-corrected chi connectivity index (χ1v) is 4.73. The minimum absolute atomic E-state index is 0.295. The number of aromatic nitrogens is 2. The summed E-state index contributed by atoms with van der Waals surface area (Å²) in [6.45, 7) is 1.77. The van der Waals surface area contributed by atoms with Crippen LogP contribution >= 0.6 is 0 Å². The Morgan fingerprint density at radius 1 is 1.57 bits per heavy atom. The lowest BCUT2D eigenvalue weighted by Crippen LogP contribution is -2.40. The van der Waals surface area contributed by atoms with Crippen LogP contribution in [0.25, 0.3) is 0 Å². The van der Waals surface area contributed by atoms with E-state index in [2.05, 4.69) is 21.1 Å². The second-order valence-electron chi connectivity index (χ2n) is 3.53. The van der Waals surface area contributed by atoms with Crippen molar-refractivity contribution in [2.75, 3.05) is 18.0 Å². The summed E-state index contributed by atoms with van der Waals surface area (Å²) in [5, 5.41) is 0. The van der Waals surface area contributed by atoms with Crippen molar-refractivity contribution in [2.45, 2.75) is 18.9 Å². The van der Waals surface area contributed by atoms with Gasteiger partial charge in [0.25, 0.3) is 0 Å². The van der Waals surface area contributed by atoms with Gasteiger partial charge in [0, 0.05) is 25.2 Å². The molecule has 2 rings (SSSR count). The largest absolute Gasteiger partial charge is 0.358 e. The quantitative estimate of drug-likeness (QED) is 0.630. The summed E-state index contributed by atoms with van der Waals surface area (Å²) in [5.41, 5.74) is 5.44. The first kappa shape index (κ1) is 9.21. The van der Waals surface area contributed by atoms with Gasteiger partial charge < -0.3 is 10.6 Å². The zero-order chi connectivity index (χ0) is 9.97. The fraction of sp³-hybridized carbons (Fsp3) is 0.556. The third kappa shape index (κ3) is 1.93. The van der Waals surface area contributed by atoms with Crippen LogP contribution in [0.1, 0.15) is 12.8 Å². The van der Waals surface area contributed by atoms with Gasteiger partial charge >= 0.3 is 5.69 Å². The maximum Gasteiger partial charge on any atom is 0.347 e. The standard InChI is InChI=1S/C9H13N4O/c10-7-2-5-13(6-3-7)8-1-4-11-9(14)12-8/h1,7H,2-3,5-6,10H2,(H,11,12,14). The lowest BCUT2D eigenvalue weighted by molar-refractivity contribution is 0.498. The third-order valence-electron chi connectivity index (χ3n) is 2.48. The minimum Gasteiger partial charge on any atom is -0.358 e. The summed E-state index contributed by atoms with van der Waals surface area (Å²) >= 11 is 0. The normalized spacial score (nSPS) is 18.5. The number of nitrogens with one attached hydrogen (secondary N) is 1. The highest BCUT2D eigenvalue weighted by atomic mass is 16.1. The van der Waals surface area contributed by atoms with Gasteiger partial charge in [-0.2, -0.15) is 4.98 Å². The molecule has 1 aromatic rings. The average Bonchev–Trinajstić information content (AvgIpc) is 2.19. The summed E-state index contributed by atoms with van der Waals surface area (Å²) in [6, 6.07) is 1.99. The highest BCUT2D eigenvalue weighted by Gasteiger charge is 2.16. The predicted molar refractivity (Wildman–Crippen MR) is 53.1 cm³/mol. The number of piperidine rings is 1. The Kier molecular flexibility index (Phi) is 2.49. The maximum atomic E-state index is 10.9. The number of nitrogens with two attached hydrogens (primary N) is 1. The van der Waals surface area contributed by atoms with E-state index in [0.29, 0.717) is 6.04 Å². The molecule has 0 amide bonds. The molecule has 0 unspecified atom stereocenters. The van der Waals surface area contributed by atoms with E-state index < -0.39 is 0 Å². The van der Waals surface area contributed by atoms with E-state index >= 15 is 0 Å². The number of nitrogens with zero attached hydrogens (tertiary/aromatic N) is 2. The molecular formula is C9H13N4O. The molecule has 0 aromatic carbocycles. The molecule has 0 bridgehead atoms. The summed E-state index contributed by atoms with van der Waals surface area (Å²) in [7, 11) is 0. The van der Waals surface area contributed by atoms with Crippen LogP contribution in [0.5, 0.6) is 0 Å². The zero-order valence-electron chi connectivity index (χ0n) is 7.86. The van der Waals surface area contributed by atoms with E-state index in [1.807, 2.05) is 0 Å². The molecule has 1 fully saturated rings. The molecule has 5 heteroatoms. The lowest BCUT2D eigenvalue weighted by Gasteiger charge is -2.31. The van der Waals surface area contributed by atoms with Crippen LogP contribution in [0.15, 0.2) is 10.9 Å². The van der Waals surface area contributed by atoms with E-state index in [9.17, 15) is 4.79 Å². The number of hydrogen-bond acceptors (Lipinski definition) is 4. The second-order valence-corrected chi connectivity index (χ2v) is 3.53. The monoisotopic (exact) mass is 193 g/mol. The van der Waals surface area contributed by atoms with Gasteiger partial charge in [0.05, 0.1) is 6.20 Å². The van der Waals surface area contributed by atoms with Crippen molar-refractivity contribution < 1.29 is 0 Å². The van der Waals surface area contributed by atoms with Gasteiger partial charge in [0.2, 0.25) is 0 Å². The molecule has 1 aliphatic rings. The molecule has 0 saturated carbocycles. The van der Waals surface area contributed by atoms with Crippen molar-refractivity contribution in [1.29, 1.82) is 0 Å². The Hall–Kier alpha value is -1.36. The molecular weight excluding hydrogens is 180 g/mol. The topological polar surface area (TPSA) is 75.0 Å². The van der Waals surface area contributed by atoms with E-state index in [4.69, 9.17) is 5.73 Å². The smallest absolute Gasteiger partial charge is 0.347 e. The SMILES string of the molecule is NC1CCN(c2c[c]nc(=O)[nH]2)CC1. The van der Waals surface area contributed by atoms with Crippen molar-refractivity contribution in [3.63, 3.8) is 0 Å². The number of H-pyrrole nitrogens is 1. The Balaban J connectivity index is 2.12. The third-order valence-corrected chi connectivity index (χ3v) is 2.48. The van der Waals surface area contributed by atoms with Gasteiger partial charge in [-0.05, 0) is 12.8 Å². The van der Waals surface area contributed by atoms with Crippen molar-refractivity contribution in [1.82, 2.24) is 9.97 Å². The Morgan fingerprint density at radius 3 is 2.93 bits per heavy atom. The summed E-state index contributed by atoms with van der Waals surface area (Å²) in [5.74, 6) is 0.789. The van der Waals surface area contributed by atoms with Crippen LogP contribution in [0.4, 0.5) is 5.82 Å². The first-order valence-electron chi connectivity index (χ1n) is 4.73. The van der Waals surface area contributed by atoms with Crippen LogP contribution < -0.4 is 16.3 Å². The highest BCUT2D eigenvalue weighted by Crippen LogP contribution is 2.14. The fourth-order valence-corrected chi connectivity index (χ4v) is 1.64. The van der Waals surface area contributed by atoms with Gasteiger partial charge in [-0.3, -0.25) is 4.98 Å². The second kappa shape index (κ2) is 3.79. The van der Waals surface area contributed by atoms with Crippen LogP contribution in [-0.2, 0) is 0 Å². The summed E-state index contributed by atoms with van der Waals surface area (Å²) in [6.07, 6.45) is 4.50. The van der Waals surface area contributed by atoms with Crippen molar-refractivity contribution >= 4 is 5.82 Å². The lowest BCUT2D eigenvalue weighted by atomic mass is 10.1. The number of anilines is 1.